The Morgan fingerprint density at radius 1 is 0.926 bits per heavy atom. The molecule has 0 aliphatic rings. The number of ether oxygens (including phenoxy) is 1. The number of hydrogen-bond acceptors (Lipinski definition) is 3. The molecule has 156 valence electrons. The molecule has 27 heavy (non-hydrogen) atoms. The van der Waals surface area contributed by atoms with Crippen molar-refractivity contribution in [3.8, 4) is 5.75 Å². The van der Waals surface area contributed by atoms with E-state index in [9.17, 15) is 8.42 Å². The molecule has 0 atom stereocenters. The zero-order valence-corrected chi connectivity index (χ0v) is 19.1. The van der Waals surface area contributed by atoms with E-state index in [0.717, 1.165) is 31.2 Å². The van der Waals surface area contributed by atoms with Crippen LogP contribution in [-0.2, 0) is 14.5 Å². The topological polar surface area (TPSA) is 43.4 Å². The van der Waals surface area contributed by atoms with Gasteiger partial charge in [0.2, 0.25) is 0 Å². The second kappa shape index (κ2) is 12.0. The number of benzene rings is 1. The zero-order valence-electron chi connectivity index (χ0n) is 17.5. The Balaban J connectivity index is 2.79. The summed E-state index contributed by atoms with van der Waals surface area (Å²) in [5, 5.41) is 0. The van der Waals surface area contributed by atoms with Crippen LogP contribution < -0.4 is 4.74 Å². The van der Waals surface area contributed by atoms with Gasteiger partial charge in [-0.05, 0) is 36.0 Å². The van der Waals surface area contributed by atoms with Crippen LogP contribution >= 0.6 is 10.7 Å². The van der Waals surface area contributed by atoms with Gasteiger partial charge in [-0.15, -0.1) is 0 Å². The molecule has 0 amide bonds. The van der Waals surface area contributed by atoms with Crippen molar-refractivity contribution in [2.75, 3.05) is 6.61 Å². The molecule has 5 heteroatoms. The lowest BCUT2D eigenvalue weighted by Crippen LogP contribution is -2.17. The largest absolute Gasteiger partial charge is 0.492 e. The summed E-state index contributed by atoms with van der Waals surface area (Å²) in [7, 11) is 1.85. The zero-order chi connectivity index (χ0) is 20.3. The molecule has 3 nitrogen and oxygen atoms in total. The van der Waals surface area contributed by atoms with Crippen LogP contribution in [0.3, 0.4) is 0 Å². The third-order valence-electron chi connectivity index (χ3n) is 5.15. The van der Waals surface area contributed by atoms with E-state index < -0.39 is 9.05 Å². The minimum atomic E-state index is -3.85. The van der Waals surface area contributed by atoms with Crippen LogP contribution in [-0.4, -0.2) is 15.0 Å². The van der Waals surface area contributed by atoms with Gasteiger partial charge < -0.3 is 4.74 Å². The van der Waals surface area contributed by atoms with Gasteiger partial charge in [-0.2, -0.15) is 0 Å². The SMILES string of the molecule is CCCCCCCCOc1ccc(C(C)(C)CCCCC)cc1S(=O)(=O)Cl. The minimum Gasteiger partial charge on any atom is -0.492 e. The Morgan fingerprint density at radius 3 is 2.15 bits per heavy atom. The maximum absolute atomic E-state index is 12.1. The van der Waals surface area contributed by atoms with Crippen molar-refractivity contribution in [1.29, 1.82) is 0 Å². The molecule has 0 radical (unpaired) electrons. The lowest BCUT2D eigenvalue weighted by atomic mass is 9.80. The second-order valence-electron chi connectivity index (χ2n) is 8.06. The molecule has 0 heterocycles. The van der Waals surface area contributed by atoms with Gasteiger partial charge in [0.1, 0.15) is 10.6 Å². The molecule has 1 aromatic carbocycles. The fraction of sp³-hybridized carbons (Fsp3) is 0.727. The van der Waals surface area contributed by atoms with Gasteiger partial charge in [-0.3, -0.25) is 0 Å². The first kappa shape index (κ1) is 24.3. The quantitative estimate of drug-likeness (QED) is 0.237. The molecule has 0 unspecified atom stereocenters. The van der Waals surface area contributed by atoms with E-state index >= 15 is 0 Å². The molecule has 1 rings (SSSR count). The first-order chi connectivity index (χ1) is 12.7. The van der Waals surface area contributed by atoms with Crippen molar-refractivity contribution in [2.24, 2.45) is 0 Å². The molecule has 1 aromatic rings. The Bertz CT molecular complexity index is 654. The average molecular weight is 417 g/mol. The molecular weight excluding hydrogens is 380 g/mol. The van der Waals surface area contributed by atoms with Crippen LogP contribution in [0.1, 0.15) is 97.5 Å². The molecule has 0 saturated heterocycles. The van der Waals surface area contributed by atoms with Gasteiger partial charge >= 0.3 is 0 Å². The number of hydrogen-bond donors (Lipinski definition) is 0. The van der Waals surface area contributed by atoms with Gasteiger partial charge in [-0.25, -0.2) is 8.42 Å². The molecular formula is C22H37ClO3S. The Labute approximate surface area is 171 Å². The summed E-state index contributed by atoms with van der Waals surface area (Å²) in [6.07, 6.45) is 11.5. The molecule has 0 saturated carbocycles. The maximum Gasteiger partial charge on any atom is 0.264 e. The highest BCUT2D eigenvalue weighted by molar-refractivity contribution is 8.13. The van der Waals surface area contributed by atoms with Crippen LogP contribution in [0.25, 0.3) is 0 Å². The molecule has 0 aliphatic carbocycles. The van der Waals surface area contributed by atoms with Crippen molar-refractivity contribution in [3.05, 3.63) is 23.8 Å². The van der Waals surface area contributed by atoms with E-state index in [0.29, 0.717) is 12.4 Å². The summed E-state index contributed by atoms with van der Waals surface area (Å²) in [5.74, 6) is 0.367. The lowest BCUT2D eigenvalue weighted by molar-refractivity contribution is 0.296. The van der Waals surface area contributed by atoms with E-state index in [1.54, 1.807) is 12.1 Å². The Hall–Kier alpha value is -0.740. The van der Waals surface area contributed by atoms with Crippen molar-refractivity contribution in [1.82, 2.24) is 0 Å². The molecule has 0 aromatic heterocycles. The number of halogens is 1. The summed E-state index contributed by atoms with van der Waals surface area (Å²) in [6.45, 7) is 9.21. The molecule has 0 N–H and O–H groups in total. The van der Waals surface area contributed by atoms with Crippen molar-refractivity contribution in [2.45, 2.75) is 102 Å². The van der Waals surface area contributed by atoms with E-state index in [1.165, 1.54) is 38.5 Å². The highest BCUT2D eigenvalue weighted by atomic mass is 35.7. The average Bonchev–Trinajstić information content (AvgIpc) is 2.60. The van der Waals surface area contributed by atoms with Gasteiger partial charge in [0, 0.05) is 10.7 Å². The van der Waals surface area contributed by atoms with Crippen molar-refractivity contribution >= 4 is 19.7 Å². The first-order valence-electron chi connectivity index (χ1n) is 10.4. The smallest absolute Gasteiger partial charge is 0.264 e. The Kier molecular flexibility index (Phi) is 10.8. The molecule has 0 spiro atoms. The molecule has 0 aliphatic heterocycles. The third kappa shape index (κ3) is 8.87. The predicted molar refractivity (Wildman–Crippen MR) is 116 cm³/mol. The van der Waals surface area contributed by atoms with E-state index in [2.05, 4.69) is 27.7 Å². The van der Waals surface area contributed by atoms with E-state index in [4.69, 9.17) is 15.4 Å². The summed E-state index contributed by atoms with van der Waals surface area (Å²) in [6, 6.07) is 5.45. The summed E-state index contributed by atoms with van der Waals surface area (Å²) in [4.78, 5) is 0.0937. The fourth-order valence-electron chi connectivity index (χ4n) is 3.26. The highest BCUT2D eigenvalue weighted by Crippen LogP contribution is 2.35. The third-order valence-corrected chi connectivity index (χ3v) is 6.49. The summed E-state index contributed by atoms with van der Waals surface area (Å²) in [5.41, 5.74) is 0.897. The normalized spacial score (nSPS) is 12.3. The van der Waals surface area contributed by atoms with Crippen LogP contribution in [0.2, 0.25) is 0 Å². The van der Waals surface area contributed by atoms with Gasteiger partial charge in [-0.1, -0.05) is 85.1 Å². The van der Waals surface area contributed by atoms with Crippen LogP contribution in [0.4, 0.5) is 0 Å². The Morgan fingerprint density at radius 2 is 1.52 bits per heavy atom. The van der Waals surface area contributed by atoms with Crippen molar-refractivity contribution < 1.29 is 13.2 Å². The summed E-state index contributed by atoms with van der Waals surface area (Å²) >= 11 is 0. The minimum absolute atomic E-state index is 0.0937. The van der Waals surface area contributed by atoms with E-state index in [1.807, 2.05) is 6.07 Å². The van der Waals surface area contributed by atoms with Crippen LogP contribution in [0, 0.1) is 0 Å². The van der Waals surface area contributed by atoms with Crippen molar-refractivity contribution in [3.63, 3.8) is 0 Å². The lowest BCUT2D eigenvalue weighted by Gasteiger charge is -2.26. The number of unbranched alkanes of at least 4 members (excludes halogenated alkanes) is 7. The van der Waals surface area contributed by atoms with Gasteiger partial charge in [0.05, 0.1) is 6.61 Å². The predicted octanol–water partition coefficient (Wildman–Crippen LogP) is 7.21. The molecule has 0 fully saturated rings. The summed E-state index contributed by atoms with van der Waals surface area (Å²) < 4.78 is 29.9. The number of rotatable bonds is 14. The maximum atomic E-state index is 12.1. The van der Waals surface area contributed by atoms with E-state index in [-0.39, 0.29) is 10.3 Å². The van der Waals surface area contributed by atoms with Gasteiger partial charge in [0.15, 0.2) is 0 Å². The monoisotopic (exact) mass is 416 g/mol. The van der Waals surface area contributed by atoms with Crippen LogP contribution in [0.15, 0.2) is 23.1 Å². The highest BCUT2D eigenvalue weighted by Gasteiger charge is 2.25. The second-order valence-corrected chi connectivity index (χ2v) is 10.6. The fourth-order valence-corrected chi connectivity index (χ4v) is 4.26. The standard InChI is InChI=1S/C22H37ClO3S/c1-5-7-9-10-11-13-17-26-20-15-14-19(18-21(20)27(23,24)25)22(3,4)16-12-8-6-2/h14-15,18H,5-13,16-17H2,1-4H3. The van der Waals surface area contributed by atoms with Gasteiger partial charge in [0.25, 0.3) is 9.05 Å². The van der Waals surface area contributed by atoms with Crippen LogP contribution in [0.5, 0.6) is 5.75 Å². The first-order valence-corrected chi connectivity index (χ1v) is 12.7. The molecule has 0 bridgehead atoms.